The van der Waals surface area contributed by atoms with E-state index >= 15 is 0 Å². The maximum Gasteiger partial charge on any atom is 0.251 e. The lowest BCUT2D eigenvalue weighted by atomic mass is 9.94. The summed E-state index contributed by atoms with van der Waals surface area (Å²) in [5, 5.41) is 2.83. The summed E-state index contributed by atoms with van der Waals surface area (Å²) < 4.78 is 0. The second-order valence-corrected chi connectivity index (χ2v) is 4.03. The summed E-state index contributed by atoms with van der Waals surface area (Å²) in [6.07, 6.45) is 0. The quantitative estimate of drug-likeness (QED) is 0.807. The van der Waals surface area contributed by atoms with Crippen molar-refractivity contribution in [1.82, 2.24) is 5.32 Å². The Bertz CT molecular complexity index is 356. The number of carbonyl (C=O) groups is 1. The minimum atomic E-state index is 0.0255. The van der Waals surface area contributed by atoms with Gasteiger partial charge in [0, 0.05) is 12.1 Å². The van der Waals surface area contributed by atoms with Gasteiger partial charge in [0.25, 0.3) is 5.91 Å². The molecular formula is C13H19NO. The minimum absolute atomic E-state index is 0.0255. The van der Waals surface area contributed by atoms with Gasteiger partial charge in [-0.15, -0.1) is 0 Å². The highest BCUT2D eigenvalue weighted by Gasteiger charge is 2.11. The molecule has 0 aliphatic carbocycles. The van der Waals surface area contributed by atoms with Gasteiger partial charge in [0.15, 0.2) is 0 Å². The molecule has 0 radical (unpaired) electrons. The molecule has 0 aromatic heterocycles. The van der Waals surface area contributed by atoms with Gasteiger partial charge in [-0.2, -0.15) is 0 Å². The summed E-state index contributed by atoms with van der Waals surface area (Å²) in [5.74, 6) is 0.483. The topological polar surface area (TPSA) is 29.1 Å². The summed E-state index contributed by atoms with van der Waals surface area (Å²) in [7, 11) is 0. The van der Waals surface area contributed by atoms with Crippen LogP contribution in [0.4, 0.5) is 0 Å². The van der Waals surface area contributed by atoms with Crippen LogP contribution < -0.4 is 5.32 Å². The number of amides is 1. The van der Waals surface area contributed by atoms with Crippen LogP contribution in [0.2, 0.25) is 0 Å². The average molecular weight is 205 g/mol. The molecule has 0 atom stereocenters. The van der Waals surface area contributed by atoms with Crippen LogP contribution in [0.25, 0.3) is 0 Å². The summed E-state index contributed by atoms with van der Waals surface area (Å²) in [4.78, 5) is 11.7. The lowest BCUT2D eigenvalue weighted by Gasteiger charge is -2.13. The normalized spacial score (nSPS) is 10.5. The van der Waals surface area contributed by atoms with Crippen molar-refractivity contribution < 1.29 is 4.79 Å². The molecule has 1 amide bonds. The van der Waals surface area contributed by atoms with Gasteiger partial charge in [-0.25, -0.2) is 0 Å². The number of benzene rings is 1. The summed E-state index contributed by atoms with van der Waals surface area (Å²) >= 11 is 0. The summed E-state index contributed by atoms with van der Waals surface area (Å²) in [6, 6.07) is 5.92. The first-order chi connectivity index (χ1) is 7.07. The van der Waals surface area contributed by atoms with Crippen LogP contribution in [0.5, 0.6) is 0 Å². The first-order valence-electron chi connectivity index (χ1n) is 5.45. The predicted molar refractivity (Wildman–Crippen MR) is 63.3 cm³/mol. The van der Waals surface area contributed by atoms with Crippen LogP contribution in [0.3, 0.4) is 0 Å². The number of rotatable bonds is 3. The van der Waals surface area contributed by atoms with E-state index in [2.05, 4.69) is 25.2 Å². The van der Waals surface area contributed by atoms with E-state index in [1.54, 1.807) is 0 Å². The Hall–Kier alpha value is -1.31. The van der Waals surface area contributed by atoms with Crippen LogP contribution in [0.15, 0.2) is 18.2 Å². The van der Waals surface area contributed by atoms with Gasteiger partial charge < -0.3 is 5.32 Å². The SMILES string of the molecule is CCNC(=O)c1cccc(C(C)C)c1C. The number of hydrogen-bond acceptors (Lipinski definition) is 1. The third-order valence-corrected chi connectivity index (χ3v) is 2.58. The molecule has 1 aromatic rings. The van der Waals surface area contributed by atoms with Gasteiger partial charge in [0.05, 0.1) is 0 Å². The molecule has 1 rings (SSSR count). The lowest BCUT2D eigenvalue weighted by Crippen LogP contribution is -2.23. The van der Waals surface area contributed by atoms with Gasteiger partial charge in [-0.3, -0.25) is 4.79 Å². The van der Waals surface area contributed by atoms with E-state index in [1.165, 1.54) is 5.56 Å². The summed E-state index contributed by atoms with van der Waals surface area (Å²) in [6.45, 7) is 8.90. The maximum atomic E-state index is 11.7. The second-order valence-electron chi connectivity index (χ2n) is 4.03. The van der Waals surface area contributed by atoms with Crippen LogP contribution >= 0.6 is 0 Å². The van der Waals surface area contributed by atoms with Gasteiger partial charge in [0.2, 0.25) is 0 Å². The van der Waals surface area contributed by atoms with E-state index < -0.39 is 0 Å². The molecule has 0 saturated heterocycles. The fourth-order valence-electron chi connectivity index (χ4n) is 1.78. The zero-order valence-electron chi connectivity index (χ0n) is 9.92. The molecule has 1 N–H and O–H groups in total. The lowest BCUT2D eigenvalue weighted by molar-refractivity contribution is 0.0955. The van der Waals surface area contributed by atoms with Gasteiger partial charge in [-0.1, -0.05) is 26.0 Å². The smallest absolute Gasteiger partial charge is 0.251 e. The Morgan fingerprint density at radius 1 is 1.40 bits per heavy atom. The highest BCUT2D eigenvalue weighted by atomic mass is 16.1. The molecule has 0 spiro atoms. The van der Waals surface area contributed by atoms with Gasteiger partial charge in [-0.05, 0) is 37.0 Å². The molecule has 0 aliphatic heterocycles. The van der Waals surface area contributed by atoms with E-state index in [4.69, 9.17) is 0 Å². The number of carbonyl (C=O) groups excluding carboxylic acids is 1. The molecule has 0 unspecified atom stereocenters. The second kappa shape index (κ2) is 4.96. The monoisotopic (exact) mass is 205 g/mol. The fraction of sp³-hybridized carbons (Fsp3) is 0.462. The first kappa shape index (κ1) is 11.8. The standard InChI is InChI=1S/C13H19NO/c1-5-14-13(15)12-8-6-7-11(9(2)3)10(12)4/h6-9H,5H2,1-4H3,(H,14,15). The van der Waals surface area contributed by atoms with E-state index in [9.17, 15) is 4.79 Å². The molecule has 0 bridgehead atoms. The van der Waals surface area contributed by atoms with Crippen molar-refractivity contribution in [3.05, 3.63) is 34.9 Å². The third kappa shape index (κ3) is 2.58. The Balaban J connectivity index is 3.09. The molecule has 0 saturated carbocycles. The maximum absolute atomic E-state index is 11.7. The van der Waals surface area contributed by atoms with Gasteiger partial charge >= 0.3 is 0 Å². The molecular weight excluding hydrogens is 186 g/mol. The van der Waals surface area contributed by atoms with Crippen molar-refractivity contribution >= 4 is 5.91 Å². The third-order valence-electron chi connectivity index (χ3n) is 2.58. The molecule has 2 nitrogen and oxygen atoms in total. The number of nitrogens with one attached hydrogen (secondary N) is 1. The minimum Gasteiger partial charge on any atom is -0.352 e. The Morgan fingerprint density at radius 2 is 2.07 bits per heavy atom. The Kier molecular flexibility index (Phi) is 3.89. The van der Waals surface area contributed by atoms with Crippen molar-refractivity contribution in [2.75, 3.05) is 6.54 Å². The molecule has 15 heavy (non-hydrogen) atoms. The molecule has 82 valence electrons. The van der Waals surface area contributed by atoms with Crippen LogP contribution in [-0.4, -0.2) is 12.5 Å². The summed E-state index contributed by atoms with van der Waals surface area (Å²) in [5.41, 5.74) is 3.14. The van der Waals surface area contributed by atoms with Crippen molar-refractivity contribution in [2.45, 2.75) is 33.6 Å². The molecule has 1 aromatic carbocycles. The highest BCUT2D eigenvalue weighted by molar-refractivity contribution is 5.95. The zero-order chi connectivity index (χ0) is 11.4. The highest BCUT2D eigenvalue weighted by Crippen LogP contribution is 2.21. The van der Waals surface area contributed by atoms with E-state index in [-0.39, 0.29) is 5.91 Å². The van der Waals surface area contributed by atoms with E-state index in [0.29, 0.717) is 12.5 Å². The van der Waals surface area contributed by atoms with Crippen molar-refractivity contribution in [2.24, 2.45) is 0 Å². The van der Waals surface area contributed by atoms with Crippen molar-refractivity contribution in [3.63, 3.8) is 0 Å². The Labute approximate surface area is 91.7 Å². The molecule has 0 heterocycles. The molecule has 0 fully saturated rings. The van der Waals surface area contributed by atoms with Crippen LogP contribution in [-0.2, 0) is 0 Å². The first-order valence-corrected chi connectivity index (χ1v) is 5.45. The van der Waals surface area contributed by atoms with Crippen LogP contribution in [0, 0.1) is 6.92 Å². The largest absolute Gasteiger partial charge is 0.352 e. The molecule has 0 aliphatic rings. The van der Waals surface area contributed by atoms with Gasteiger partial charge in [0.1, 0.15) is 0 Å². The fourth-order valence-corrected chi connectivity index (χ4v) is 1.78. The Morgan fingerprint density at radius 3 is 2.60 bits per heavy atom. The van der Waals surface area contributed by atoms with Crippen molar-refractivity contribution in [1.29, 1.82) is 0 Å². The van der Waals surface area contributed by atoms with E-state index in [1.807, 2.05) is 26.0 Å². The van der Waals surface area contributed by atoms with Crippen molar-refractivity contribution in [3.8, 4) is 0 Å². The average Bonchev–Trinajstić information content (AvgIpc) is 2.17. The zero-order valence-corrected chi connectivity index (χ0v) is 9.92. The molecule has 2 heteroatoms. The predicted octanol–water partition coefficient (Wildman–Crippen LogP) is 2.87. The van der Waals surface area contributed by atoms with Crippen LogP contribution in [0.1, 0.15) is 48.2 Å². The number of hydrogen-bond donors (Lipinski definition) is 1. The van der Waals surface area contributed by atoms with E-state index in [0.717, 1.165) is 11.1 Å².